The normalized spacial score (nSPS) is 11.2. The Morgan fingerprint density at radius 1 is 0.850 bits per heavy atom. The highest BCUT2D eigenvalue weighted by atomic mass is 16.3. The molecule has 0 atom stereocenters. The summed E-state index contributed by atoms with van der Waals surface area (Å²) in [5, 5.41) is 12.2. The molecule has 1 N–H and O–H groups in total. The van der Waals surface area contributed by atoms with Gasteiger partial charge in [-0.2, -0.15) is 0 Å². The summed E-state index contributed by atoms with van der Waals surface area (Å²) in [6, 6.07) is 19.0. The maximum Gasteiger partial charge on any atom is 0.231 e. The first kappa shape index (κ1) is 11.1. The van der Waals surface area contributed by atoms with Crippen molar-refractivity contribution in [1.29, 1.82) is 0 Å². The van der Waals surface area contributed by atoms with Gasteiger partial charge in [0, 0.05) is 0 Å². The van der Waals surface area contributed by atoms with Crippen LogP contribution in [-0.2, 0) is 0 Å². The van der Waals surface area contributed by atoms with E-state index in [1.54, 1.807) is 6.07 Å². The third-order valence-corrected chi connectivity index (χ3v) is 3.41. The minimum atomic E-state index is 0.176. The number of oxazole rings is 1. The highest BCUT2D eigenvalue weighted by Crippen LogP contribution is 2.37. The van der Waals surface area contributed by atoms with Crippen molar-refractivity contribution in [2.75, 3.05) is 0 Å². The molecular formula is C17H11NO2. The fraction of sp³-hybridized carbons (Fsp3) is 0. The predicted molar refractivity (Wildman–Crippen MR) is 78.6 cm³/mol. The molecule has 0 radical (unpaired) electrons. The van der Waals surface area contributed by atoms with Gasteiger partial charge in [-0.05, 0) is 29.0 Å². The second kappa shape index (κ2) is 4.10. The summed E-state index contributed by atoms with van der Waals surface area (Å²) in [6.07, 6.45) is 0. The molecule has 0 saturated carbocycles. The largest absolute Gasteiger partial charge is 0.507 e. The van der Waals surface area contributed by atoms with Crippen LogP contribution in [0.3, 0.4) is 0 Å². The number of para-hydroxylation sites is 2. The first-order chi connectivity index (χ1) is 9.83. The van der Waals surface area contributed by atoms with Gasteiger partial charge in [0.25, 0.3) is 0 Å². The number of phenols is 1. The molecule has 0 saturated heterocycles. The second-order valence-electron chi connectivity index (χ2n) is 4.67. The molecule has 96 valence electrons. The Morgan fingerprint density at radius 2 is 1.65 bits per heavy atom. The summed E-state index contributed by atoms with van der Waals surface area (Å²) >= 11 is 0. The Labute approximate surface area is 115 Å². The smallest absolute Gasteiger partial charge is 0.231 e. The van der Waals surface area contributed by atoms with Crippen LogP contribution in [0, 0.1) is 0 Å². The van der Waals surface area contributed by atoms with E-state index >= 15 is 0 Å². The van der Waals surface area contributed by atoms with E-state index < -0.39 is 0 Å². The summed E-state index contributed by atoms with van der Waals surface area (Å²) in [6.45, 7) is 0. The van der Waals surface area contributed by atoms with Crippen LogP contribution >= 0.6 is 0 Å². The van der Waals surface area contributed by atoms with E-state index in [2.05, 4.69) is 4.98 Å². The van der Waals surface area contributed by atoms with E-state index in [-0.39, 0.29) is 5.75 Å². The van der Waals surface area contributed by atoms with E-state index in [0.29, 0.717) is 11.5 Å². The molecule has 0 aliphatic heterocycles. The topological polar surface area (TPSA) is 46.3 Å². The number of aromatic nitrogens is 1. The highest BCUT2D eigenvalue weighted by molar-refractivity contribution is 5.98. The molecule has 0 fully saturated rings. The Bertz CT molecular complexity index is 891. The summed E-state index contributed by atoms with van der Waals surface area (Å²) in [5.41, 5.74) is 2.14. The molecule has 4 rings (SSSR count). The van der Waals surface area contributed by atoms with Crippen LogP contribution in [-0.4, -0.2) is 10.1 Å². The van der Waals surface area contributed by atoms with Crippen molar-refractivity contribution < 1.29 is 9.52 Å². The van der Waals surface area contributed by atoms with Crippen molar-refractivity contribution in [3.05, 3.63) is 60.7 Å². The van der Waals surface area contributed by atoms with Gasteiger partial charge < -0.3 is 9.52 Å². The average molecular weight is 261 g/mol. The maximum atomic E-state index is 10.2. The zero-order chi connectivity index (χ0) is 13.5. The summed E-state index contributed by atoms with van der Waals surface area (Å²) in [4.78, 5) is 4.47. The van der Waals surface area contributed by atoms with Crippen LogP contribution in [0.25, 0.3) is 33.3 Å². The third-order valence-electron chi connectivity index (χ3n) is 3.41. The number of nitrogens with zero attached hydrogens (tertiary/aromatic N) is 1. The lowest BCUT2D eigenvalue weighted by Crippen LogP contribution is -1.82. The van der Waals surface area contributed by atoms with Gasteiger partial charge in [0.15, 0.2) is 5.58 Å². The SMILES string of the molecule is Oc1ccc2ccccc2c1-c1nc2ccccc2o1. The molecule has 20 heavy (non-hydrogen) atoms. The van der Waals surface area contributed by atoms with E-state index in [0.717, 1.165) is 21.9 Å². The molecular weight excluding hydrogens is 250 g/mol. The Hall–Kier alpha value is -2.81. The Kier molecular flexibility index (Phi) is 2.27. The number of benzene rings is 3. The van der Waals surface area contributed by atoms with E-state index in [4.69, 9.17) is 4.42 Å². The summed E-state index contributed by atoms with van der Waals surface area (Å²) < 4.78 is 5.77. The number of phenolic OH excluding ortho intramolecular Hbond substituents is 1. The molecule has 0 bridgehead atoms. The first-order valence-electron chi connectivity index (χ1n) is 6.39. The zero-order valence-corrected chi connectivity index (χ0v) is 10.6. The Morgan fingerprint density at radius 3 is 2.55 bits per heavy atom. The van der Waals surface area contributed by atoms with Crippen LogP contribution < -0.4 is 0 Å². The second-order valence-corrected chi connectivity index (χ2v) is 4.67. The van der Waals surface area contributed by atoms with Gasteiger partial charge in [0.1, 0.15) is 11.3 Å². The van der Waals surface area contributed by atoms with Crippen molar-refractivity contribution in [2.45, 2.75) is 0 Å². The number of hydrogen-bond acceptors (Lipinski definition) is 3. The molecule has 4 aromatic rings. The van der Waals surface area contributed by atoms with Crippen molar-refractivity contribution in [2.24, 2.45) is 0 Å². The molecule has 0 aliphatic carbocycles. The molecule has 1 aromatic heterocycles. The molecule has 0 unspecified atom stereocenters. The van der Waals surface area contributed by atoms with E-state index in [9.17, 15) is 5.11 Å². The van der Waals surface area contributed by atoms with Crippen molar-refractivity contribution in [3.63, 3.8) is 0 Å². The van der Waals surface area contributed by atoms with Gasteiger partial charge >= 0.3 is 0 Å². The number of aromatic hydroxyl groups is 1. The van der Waals surface area contributed by atoms with Gasteiger partial charge in [-0.15, -0.1) is 0 Å². The number of rotatable bonds is 1. The molecule has 3 heteroatoms. The number of fused-ring (bicyclic) bond motifs is 2. The monoisotopic (exact) mass is 261 g/mol. The molecule has 0 aliphatic rings. The van der Waals surface area contributed by atoms with Gasteiger partial charge in [-0.1, -0.05) is 42.5 Å². The van der Waals surface area contributed by atoms with Crippen LogP contribution in [0.15, 0.2) is 65.1 Å². The summed E-state index contributed by atoms with van der Waals surface area (Å²) in [7, 11) is 0. The van der Waals surface area contributed by atoms with E-state index in [1.807, 2.05) is 54.6 Å². The van der Waals surface area contributed by atoms with Crippen molar-refractivity contribution >= 4 is 21.9 Å². The average Bonchev–Trinajstić information content (AvgIpc) is 2.90. The van der Waals surface area contributed by atoms with Gasteiger partial charge in [-0.3, -0.25) is 0 Å². The fourth-order valence-electron chi connectivity index (χ4n) is 2.46. The van der Waals surface area contributed by atoms with E-state index in [1.165, 1.54) is 0 Å². The van der Waals surface area contributed by atoms with Gasteiger partial charge in [0.2, 0.25) is 5.89 Å². The first-order valence-corrected chi connectivity index (χ1v) is 6.39. The molecule has 3 nitrogen and oxygen atoms in total. The van der Waals surface area contributed by atoms with Crippen molar-refractivity contribution in [3.8, 4) is 17.2 Å². The standard InChI is InChI=1S/C17H11NO2/c19-14-10-9-11-5-1-2-6-12(11)16(14)17-18-13-7-3-4-8-15(13)20-17/h1-10,19H. The van der Waals surface area contributed by atoms with Crippen LogP contribution in [0.5, 0.6) is 5.75 Å². The van der Waals surface area contributed by atoms with Crippen LogP contribution in [0.4, 0.5) is 0 Å². The lowest BCUT2D eigenvalue weighted by Gasteiger charge is -2.05. The molecule has 3 aromatic carbocycles. The lowest BCUT2D eigenvalue weighted by atomic mass is 10.0. The molecule has 0 amide bonds. The molecule has 1 heterocycles. The van der Waals surface area contributed by atoms with Gasteiger partial charge in [-0.25, -0.2) is 4.98 Å². The van der Waals surface area contributed by atoms with Crippen LogP contribution in [0.1, 0.15) is 0 Å². The predicted octanol–water partition coefficient (Wildman–Crippen LogP) is 4.35. The lowest BCUT2D eigenvalue weighted by molar-refractivity contribution is 0.475. The minimum absolute atomic E-state index is 0.176. The van der Waals surface area contributed by atoms with Gasteiger partial charge in [0.05, 0.1) is 5.56 Å². The maximum absolute atomic E-state index is 10.2. The highest BCUT2D eigenvalue weighted by Gasteiger charge is 2.15. The van der Waals surface area contributed by atoms with Crippen molar-refractivity contribution in [1.82, 2.24) is 4.98 Å². The zero-order valence-electron chi connectivity index (χ0n) is 10.6. The summed E-state index contributed by atoms with van der Waals surface area (Å²) in [5.74, 6) is 0.621. The number of hydrogen-bond donors (Lipinski definition) is 1. The minimum Gasteiger partial charge on any atom is -0.507 e. The molecule has 0 spiro atoms. The third kappa shape index (κ3) is 1.57. The quantitative estimate of drug-likeness (QED) is 0.554. The Balaban J connectivity index is 2.08. The van der Waals surface area contributed by atoms with Crippen LogP contribution in [0.2, 0.25) is 0 Å². The fourth-order valence-corrected chi connectivity index (χ4v) is 2.46.